The summed E-state index contributed by atoms with van der Waals surface area (Å²) in [7, 11) is 1.87. The Morgan fingerprint density at radius 2 is 1.88 bits per heavy atom. The third kappa shape index (κ3) is 2.51. The highest BCUT2D eigenvalue weighted by Crippen LogP contribution is 2.39. The summed E-state index contributed by atoms with van der Waals surface area (Å²) in [5.41, 5.74) is 2.66. The third-order valence-electron chi connectivity index (χ3n) is 5.39. The normalized spacial score (nSPS) is 26.5. The Labute approximate surface area is 141 Å². The SMILES string of the molecule is CN1CC[C@@]2(CC[C@@H](c3cccc(-c4cccc(F)c4)c3)N2)C1=O. The molecule has 0 aromatic heterocycles. The van der Waals surface area contributed by atoms with E-state index in [1.54, 1.807) is 12.1 Å². The fraction of sp³-hybridized carbons (Fsp3) is 0.350. The lowest BCUT2D eigenvalue weighted by atomic mass is 9.95. The fourth-order valence-corrected chi connectivity index (χ4v) is 4.02. The first-order valence-electron chi connectivity index (χ1n) is 8.47. The molecule has 1 N–H and O–H groups in total. The minimum atomic E-state index is -0.381. The number of nitrogens with one attached hydrogen (secondary N) is 1. The van der Waals surface area contributed by atoms with Crippen LogP contribution < -0.4 is 5.32 Å². The summed E-state index contributed by atoms with van der Waals surface area (Å²) < 4.78 is 13.5. The van der Waals surface area contributed by atoms with Gasteiger partial charge in [-0.2, -0.15) is 0 Å². The maximum absolute atomic E-state index is 13.5. The van der Waals surface area contributed by atoms with Gasteiger partial charge in [-0.25, -0.2) is 4.39 Å². The van der Waals surface area contributed by atoms with Gasteiger partial charge in [0.15, 0.2) is 0 Å². The van der Waals surface area contributed by atoms with Gasteiger partial charge in [-0.05, 0) is 54.2 Å². The van der Waals surface area contributed by atoms with Crippen LogP contribution in [0.1, 0.15) is 30.9 Å². The number of nitrogens with zero attached hydrogens (tertiary/aromatic N) is 1. The fourth-order valence-electron chi connectivity index (χ4n) is 4.02. The predicted octanol–water partition coefficient (Wildman–Crippen LogP) is 3.52. The van der Waals surface area contributed by atoms with Crippen molar-refractivity contribution < 1.29 is 9.18 Å². The zero-order chi connectivity index (χ0) is 16.7. The van der Waals surface area contributed by atoms with Crippen molar-refractivity contribution >= 4 is 5.91 Å². The number of halogens is 1. The standard InChI is InChI=1S/C20H21FN2O/c1-23-11-10-20(19(23)24)9-8-18(22-20)16-6-2-4-14(12-16)15-5-3-7-17(21)13-15/h2-7,12-13,18,22H,8-11H2,1H3/t18-,20-/m0/s1. The minimum Gasteiger partial charge on any atom is -0.344 e. The number of hydrogen-bond acceptors (Lipinski definition) is 2. The summed E-state index contributed by atoms with van der Waals surface area (Å²) in [5, 5.41) is 3.59. The summed E-state index contributed by atoms with van der Waals surface area (Å²) in [6.45, 7) is 0.821. The Hall–Kier alpha value is -2.20. The molecule has 2 saturated heterocycles. The predicted molar refractivity (Wildman–Crippen MR) is 91.9 cm³/mol. The van der Waals surface area contributed by atoms with E-state index >= 15 is 0 Å². The first kappa shape index (κ1) is 15.3. The summed E-state index contributed by atoms with van der Waals surface area (Å²) in [6.07, 6.45) is 2.71. The van der Waals surface area contributed by atoms with Crippen LogP contribution in [0.15, 0.2) is 48.5 Å². The second-order valence-electron chi connectivity index (χ2n) is 6.93. The number of carbonyl (C=O) groups excluding carboxylic acids is 1. The molecule has 24 heavy (non-hydrogen) atoms. The van der Waals surface area contributed by atoms with E-state index < -0.39 is 0 Å². The Bertz CT molecular complexity index is 791. The summed E-state index contributed by atoms with van der Waals surface area (Å²) in [6, 6.07) is 15.0. The van der Waals surface area contributed by atoms with Gasteiger partial charge in [0.1, 0.15) is 11.4 Å². The van der Waals surface area contributed by atoms with Crippen LogP contribution in [0.25, 0.3) is 11.1 Å². The molecule has 0 bridgehead atoms. The molecule has 2 heterocycles. The van der Waals surface area contributed by atoms with Gasteiger partial charge in [0.25, 0.3) is 0 Å². The van der Waals surface area contributed by atoms with Gasteiger partial charge in [-0.15, -0.1) is 0 Å². The van der Waals surface area contributed by atoms with E-state index in [2.05, 4.69) is 17.4 Å². The largest absolute Gasteiger partial charge is 0.344 e. The van der Waals surface area contributed by atoms with Crippen molar-refractivity contribution in [2.75, 3.05) is 13.6 Å². The van der Waals surface area contributed by atoms with Crippen molar-refractivity contribution in [1.29, 1.82) is 0 Å². The molecule has 0 saturated carbocycles. The number of hydrogen-bond donors (Lipinski definition) is 1. The lowest BCUT2D eigenvalue weighted by molar-refractivity contribution is -0.131. The summed E-state index contributed by atoms with van der Waals surface area (Å²) in [5.74, 6) is -0.0123. The van der Waals surface area contributed by atoms with Crippen molar-refractivity contribution in [1.82, 2.24) is 10.2 Å². The van der Waals surface area contributed by atoms with Crippen LogP contribution in [0, 0.1) is 5.82 Å². The second-order valence-corrected chi connectivity index (χ2v) is 6.93. The lowest BCUT2D eigenvalue weighted by Gasteiger charge is -2.23. The number of likely N-dealkylation sites (N-methyl/N-ethyl adjacent to an activating group) is 1. The third-order valence-corrected chi connectivity index (χ3v) is 5.39. The van der Waals surface area contributed by atoms with E-state index in [0.29, 0.717) is 0 Å². The number of likely N-dealkylation sites (tertiary alicyclic amines) is 1. The molecule has 4 heteroatoms. The van der Waals surface area contributed by atoms with E-state index in [0.717, 1.165) is 42.5 Å². The molecule has 1 spiro atoms. The van der Waals surface area contributed by atoms with Crippen molar-refractivity contribution in [3.63, 3.8) is 0 Å². The Morgan fingerprint density at radius 1 is 1.12 bits per heavy atom. The molecule has 2 aliphatic rings. The van der Waals surface area contributed by atoms with E-state index in [-0.39, 0.29) is 23.3 Å². The van der Waals surface area contributed by atoms with Crippen LogP contribution in [0.2, 0.25) is 0 Å². The molecule has 2 aromatic carbocycles. The zero-order valence-corrected chi connectivity index (χ0v) is 13.8. The Morgan fingerprint density at radius 3 is 2.58 bits per heavy atom. The molecule has 0 radical (unpaired) electrons. The van der Waals surface area contributed by atoms with E-state index in [1.807, 2.05) is 30.1 Å². The Balaban J connectivity index is 1.60. The van der Waals surface area contributed by atoms with Crippen LogP contribution >= 0.6 is 0 Å². The van der Waals surface area contributed by atoms with Crippen molar-refractivity contribution in [3.05, 3.63) is 59.9 Å². The molecule has 0 aliphatic carbocycles. The van der Waals surface area contributed by atoms with Gasteiger partial charge in [-0.3, -0.25) is 10.1 Å². The summed E-state index contributed by atoms with van der Waals surface area (Å²) >= 11 is 0. The molecule has 2 aromatic rings. The van der Waals surface area contributed by atoms with Crippen molar-refractivity contribution in [3.8, 4) is 11.1 Å². The molecule has 2 fully saturated rings. The summed E-state index contributed by atoms with van der Waals surface area (Å²) in [4.78, 5) is 14.3. The van der Waals surface area contributed by atoms with Gasteiger partial charge in [-0.1, -0.05) is 30.3 Å². The molecule has 2 atom stereocenters. The van der Waals surface area contributed by atoms with Crippen LogP contribution in [-0.4, -0.2) is 29.9 Å². The average Bonchev–Trinajstić information content (AvgIpc) is 3.15. The molecule has 0 unspecified atom stereocenters. The molecule has 3 nitrogen and oxygen atoms in total. The molecule has 124 valence electrons. The highest BCUT2D eigenvalue weighted by atomic mass is 19.1. The van der Waals surface area contributed by atoms with Crippen molar-refractivity contribution in [2.24, 2.45) is 0 Å². The topological polar surface area (TPSA) is 32.3 Å². The quantitative estimate of drug-likeness (QED) is 0.917. The highest BCUT2D eigenvalue weighted by molar-refractivity contribution is 5.88. The number of carbonyl (C=O) groups is 1. The van der Waals surface area contributed by atoms with Gasteiger partial charge in [0.2, 0.25) is 5.91 Å². The number of benzene rings is 2. The van der Waals surface area contributed by atoms with Crippen LogP contribution in [-0.2, 0) is 4.79 Å². The molecular weight excluding hydrogens is 303 g/mol. The van der Waals surface area contributed by atoms with Gasteiger partial charge >= 0.3 is 0 Å². The monoisotopic (exact) mass is 324 g/mol. The average molecular weight is 324 g/mol. The second kappa shape index (κ2) is 5.71. The zero-order valence-electron chi connectivity index (χ0n) is 13.8. The van der Waals surface area contributed by atoms with Gasteiger partial charge < -0.3 is 4.90 Å². The van der Waals surface area contributed by atoms with E-state index in [9.17, 15) is 9.18 Å². The molecule has 2 aliphatic heterocycles. The first-order valence-corrected chi connectivity index (χ1v) is 8.47. The van der Waals surface area contributed by atoms with Gasteiger partial charge in [0.05, 0.1) is 0 Å². The number of rotatable bonds is 2. The first-order chi connectivity index (χ1) is 11.6. The van der Waals surface area contributed by atoms with Crippen LogP contribution in [0.4, 0.5) is 4.39 Å². The smallest absolute Gasteiger partial charge is 0.242 e. The van der Waals surface area contributed by atoms with Crippen LogP contribution in [0.3, 0.4) is 0 Å². The molecule has 1 amide bonds. The number of amides is 1. The Kier molecular flexibility index (Phi) is 3.65. The van der Waals surface area contributed by atoms with E-state index in [1.165, 1.54) is 6.07 Å². The van der Waals surface area contributed by atoms with Crippen LogP contribution in [0.5, 0.6) is 0 Å². The van der Waals surface area contributed by atoms with E-state index in [4.69, 9.17) is 0 Å². The minimum absolute atomic E-state index is 0.175. The molecular formula is C20H21FN2O. The maximum Gasteiger partial charge on any atom is 0.242 e. The molecule has 4 rings (SSSR count). The van der Waals surface area contributed by atoms with Crippen molar-refractivity contribution in [2.45, 2.75) is 30.8 Å². The maximum atomic E-state index is 13.5. The highest BCUT2D eigenvalue weighted by Gasteiger charge is 2.49. The van der Waals surface area contributed by atoms with Gasteiger partial charge in [0, 0.05) is 19.6 Å². The lowest BCUT2D eigenvalue weighted by Crippen LogP contribution is -2.47.